The number of aromatic nitrogens is 1. The summed E-state index contributed by atoms with van der Waals surface area (Å²) in [6.07, 6.45) is 6.90. The number of hydrogen-bond acceptors (Lipinski definition) is 1. The molecule has 0 saturated carbocycles. The summed E-state index contributed by atoms with van der Waals surface area (Å²) in [6.45, 7) is 7.85. The van der Waals surface area contributed by atoms with Crippen LogP contribution < -0.4 is 5.32 Å². The van der Waals surface area contributed by atoms with Crippen LogP contribution >= 0.6 is 0 Å². The second kappa shape index (κ2) is 5.96. The van der Waals surface area contributed by atoms with Crippen LogP contribution in [0.4, 0.5) is 0 Å². The highest BCUT2D eigenvalue weighted by Gasteiger charge is 2.09. The Morgan fingerprint density at radius 3 is 2.67 bits per heavy atom. The molecule has 0 saturated heterocycles. The van der Waals surface area contributed by atoms with Gasteiger partial charge in [0.25, 0.3) is 0 Å². The SMILES string of the molecule is CCCC(NC)c1ccn(CC(C)C)c1. The highest BCUT2D eigenvalue weighted by atomic mass is 15.0. The molecule has 0 amide bonds. The standard InChI is InChI=1S/C13H24N2/c1-5-6-13(14-4)12-7-8-15(10-12)9-11(2)3/h7-8,10-11,13-14H,5-6,9H2,1-4H3. The highest BCUT2D eigenvalue weighted by Crippen LogP contribution is 2.18. The van der Waals surface area contributed by atoms with Crippen molar-refractivity contribution in [1.82, 2.24) is 9.88 Å². The van der Waals surface area contributed by atoms with Gasteiger partial charge in [0, 0.05) is 25.0 Å². The van der Waals surface area contributed by atoms with Crippen molar-refractivity contribution in [2.24, 2.45) is 5.92 Å². The zero-order chi connectivity index (χ0) is 11.3. The first-order valence-corrected chi connectivity index (χ1v) is 6.00. The van der Waals surface area contributed by atoms with Gasteiger partial charge in [-0.15, -0.1) is 0 Å². The molecule has 1 heterocycles. The molecule has 0 aliphatic heterocycles. The maximum Gasteiger partial charge on any atom is 0.0332 e. The normalized spacial score (nSPS) is 13.4. The predicted octanol–water partition coefficient (Wildman–Crippen LogP) is 3.20. The maximum atomic E-state index is 3.37. The average molecular weight is 208 g/mol. The molecule has 0 bridgehead atoms. The molecule has 15 heavy (non-hydrogen) atoms. The first kappa shape index (κ1) is 12.3. The van der Waals surface area contributed by atoms with Crippen LogP contribution in [0.1, 0.15) is 45.2 Å². The molecule has 1 N–H and O–H groups in total. The summed E-state index contributed by atoms with van der Waals surface area (Å²) in [5.41, 5.74) is 1.42. The lowest BCUT2D eigenvalue weighted by atomic mass is 10.1. The first-order chi connectivity index (χ1) is 7.17. The lowest BCUT2D eigenvalue weighted by Gasteiger charge is -2.13. The number of rotatable bonds is 6. The topological polar surface area (TPSA) is 17.0 Å². The molecule has 2 nitrogen and oxygen atoms in total. The quantitative estimate of drug-likeness (QED) is 0.759. The predicted molar refractivity (Wildman–Crippen MR) is 66.0 cm³/mol. The van der Waals surface area contributed by atoms with Crippen molar-refractivity contribution in [2.75, 3.05) is 7.05 Å². The van der Waals surface area contributed by atoms with Crippen molar-refractivity contribution in [3.8, 4) is 0 Å². The van der Waals surface area contributed by atoms with Gasteiger partial charge in [-0.1, -0.05) is 27.2 Å². The van der Waals surface area contributed by atoms with E-state index in [9.17, 15) is 0 Å². The Morgan fingerprint density at radius 1 is 1.40 bits per heavy atom. The molecule has 0 aliphatic rings. The fraction of sp³-hybridized carbons (Fsp3) is 0.692. The van der Waals surface area contributed by atoms with Crippen molar-refractivity contribution in [2.45, 2.75) is 46.2 Å². The molecule has 0 aromatic carbocycles. The molecule has 86 valence electrons. The summed E-state index contributed by atoms with van der Waals surface area (Å²) in [5, 5.41) is 3.37. The Morgan fingerprint density at radius 2 is 2.13 bits per heavy atom. The highest BCUT2D eigenvalue weighted by molar-refractivity contribution is 5.15. The van der Waals surface area contributed by atoms with Crippen LogP contribution in [-0.4, -0.2) is 11.6 Å². The maximum absolute atomic E-state index is 3.37. The van der Waals surface area contributed by atoms with Gasteiger partial charge in [-0.25, -0.2) is 0 Å². The van der Waals surface area contributed by atoms with Crippen LogP contribution in [-0.2, 0) is 6.54 Å². The van der Waals surface area contributed by atoms with E-state index in [1.54, 1.807) is 0 Å². The van der Waals surface area contributed by atoms with Gasteiger partial charge in [-0.05, 0) is 31.0 Å². The van der Waals surface area contributed by atoms with Gasteiger partial charge in [0.1, 0.15) is 0 Å². The fourth-order valence-corrected chi connectivity index (χ4v) is 1.97. The molecule has 1 atom stereocenters. The van der Waals surface area contributed by atoms with Crippen LogP contribution in [0.2, 0.25) is 0 Å². The largest absolute Gasteiger partial charge is 0.354 e. The third kappa shape index (κ3) is 3.71. The summed E-state index contributed by atoms with van der Waals surface area (Å²) in [5.74, 6) is 0.712. The molecule has 0 spiro atoms. The van der Waals surface area contributed by atoms with Gasteiger partial charge in [0.2, 0.25) is 0 Å². The van der Waals surface area contributed by atoms with Crippen LogP contribution in [0.25, 0.3) is 0 Å². The fourth-order valence-electron chi connectivity index (χ4n) is 1.97. The number of hydrogen-bond donors (Lipinski definition) is 1. The summed E-state index contributed by atoms with van der Waals surface area (Å²) in [6, 6.07) is 2.75. The zero-order valence-corrected chi connectivity index (χ0v) is 10.5. The lowest BCUT2D eigenvalue weighted by Crippen LogP contribution is -2.15. The van der Waals surface area contributed by atoms with E-state index in [4.69, 9.17) is 0 Å². The smallest absolute Gasteiger partial charge is 0.0332 e. The molecule has 0 aliphatic carbocycles. The van der Waals surface area contributed by atoms with E-state index in [0.29, 0.717) is 12.0 Å². The van der Waals surface area contributed by atoms with E-state index in [1.807, 2.05) is 7.05 Å². The van der Waals surface area contributed by atoms with E-state index >= 15 is 0 Å². The van der Waals surface area contributed by atoms with Crippen LogP contribution in [0.5, 0.6) is 0 Å². The molecule has 0 fully saturated rings. The molecule has 1 unspecified atom stereocenters. The van der Waals surface area contributed by atoms with Crippen molar-refractivity contribution >= 4 is 0 Å². The van der Waals surface area contributed by atoms with Gasteiger partial charge in [0.15, 0.2) is 0 Å². The van der Waals surface area contributed by atoms with Gasteiger partial charge >= 0.3 is 0 Å². The summed E-state index contributed by atoms with van der Waals surface area (Å²) >= 11 is 0. The van der Waals surface area contributed by atoms with E-state index in [0.717, 1.165) is 6.54 Å². The third-order valence-electron chi connectivity index (χ3n) is 2.68. The van der Waals surface area contributed by atoms with Crippen molar-refractivity contribution in [3.63, 3.8) is 0 Å². The third-order valence-corrected chi connectivity index (χ3v) is 2.68. The van der Waals surface area contributed by atoms with Crippen LogP contribution in [0.3, 0.4) is 0 Å². The Hall–Kier alpha value is -0.760. The Bertz CT molecular complexity index is 276. The first-order valence-electron chi connectivity index (χ1n) is 6.00. The molecule has 1 aromatic rings. The molecular weight excluding hydrogens is 184 g/mol. The molecule has 2 heteroatoms. The van der Waals surface area contributed by atoms with Gasteiger partial charge in [-0.2, -0.15) is 0 Å². The van der Waals surface area contributed by atoms with E-state index in [-0.39, 0.29) is 0 Å². The van der Waals surface area contributed by atoms with E-state index < -0.39 is 0 Å². The van der Waals surface area contributed by atoms with Gasteiger partial charge in [-0.3, -0.25) is 0 Å². The van der Waals surface area contributed by atoms with Crippen LogP contribution in [0, 0.1) is 5.92 Å². The molecule has 1 rings (SSSR count). The zero-order valence-electron chi connectivity index (χ0n) is 10.5. The van der Waals surface area contributed by atoms with Crippen molar-refractivity contribution in [3.05, 3.63) is 24.0 Å². The van der Waals surface area contributed by atoms with Crippen LogP contribution in [0.15, 0.2) is 18.5 Å². The minimum Gasteiger partial charge on any atom is -0.354 e. The Kier molecular flexibility index (Phi) is 4.89. The Balaban J connectivity index is 2.64. The summed E-state index contributed by atoms with van der Waals surface area (Å²) in [7, 11) is 2.04. The second-order valence-corrected chi connectivity index (χ2v) is 4.67. The summed E-state index contributed by atoms with van der Waals surface area (Å²) < 4.78 is 2.29. The minimum absolute atomic E-state index is 0.517. The molecule has 1 aromatic heterocycles. The van der Waals surface area contributed by atoms with Gasteiger partial charge in [0.05, 0.1) is 0 Å². The Labute approximate surface area is 93.7 Å². The van der Waals surface area contributed by atoms with Crippen molar-refractivity contribution in [1.29, 1.82) is 0 Å². The average Bonchev–Trinajstić information content (AvgIpc) is 2.61. The minimum atomic E-state index is 0.517. The van der Waals surface area contributed by atoms with E-state index in [1.165, 1.54) is 18.4 Å². The monoisotopic (exact) mass is 208 g/mol. The summed E-state index contributed by atoms with van der Waals surface area (Å²) in [4.78, 5) is 0. The second-order valence-electron chi connectivity index (χ2n) is 4.67. The molecule has 0 radical (unpaired) electrons. The van der Waals surface area contributed by atoms with Crippen molar-refractivity contribution < 1.29 is 0 Å². The van der Waals surface area contributed by atoms with Gasteiger partial charge < -0.3 is 9.88 Å². The number of nitrogens with zero attached hydrogens (tertiary/aromatic N) is 1. The lowest BCUT2D eigenvalue weighted by molar-refractivity contribution is 0.515. The molecular formula is C13H24N2. The van der Waals surface area contributed by atoms with E-state index in [2.05, 4.69) is 49.1 Å². The number of nitrogens with one attached hydrogen (secondary N) is 1.